The zero-order valence-electron chi connectivity index (χ0n) is 59.0. The van der Waals surface area contributed by atoms with E-state index >= 15 is 0 Å². The van der Waals surface area contributed by atoms with Gasteiger partial charge in [-0.25, -0.2) is 0 Å². The molecule has 0 aliphatic rings. The average molecular weight is 1050 g/mol. The molecule has 0 spiro atoms. The Bertz CT molecular complexity index is 4760. The molecule has 1 aromatic heterocycles. The van der Waals surface area contributed by atoms with Gasteiger partial charge in [-0.2, -0.15) is 0 Å². The van der Waals surface area contributed by atoms with E-state index in [0.29, 0.717) is 0 Å². The average Bonchev–Trinajstić information content (AvgIpc) is 2.14. The highest BCUT2D eigenvalue weighted by atomic mass is 15.2. The van der Waals surface area contributed by atoms with Gasteiger partial charge >= 0.3 is 0 Å². The van der Waals surface area contributed by atoms with E-state index in [9.17, 15) is 0 Å². The van der Waals surface area contributed by atoms with Crippen LogP contribution in [0.5, 0.6) is 0 Å². The zero-order chi connectivity index (χ0) is 63.2. The van der Waals surface area contributed by atoms with Gasteiger partial charge < -0.3 is 9.47 Å². The lowest BCUT2D eigenvalue weighted by Crippen LogP contribution is -2.57. The molecule has 0 aliphatic heterocycles. The molecule has 0 unspecified atom stereocenters. The third-order valence-electron chi connectivity index (χ3n) is 24.2. The van der Waals surface area contributed by atoms with E-state index in [1.165, 1.54) is 269 Å². The SMILES string of the molecule is Bc1cc(-n2c3c(B)c(B)c(B)c(B)c3c3c(B)c(B)c4c(B)c(B)c(N(c5c(B)c(B)c(-c6c(B)c(B)c(B)c(B)c6B)c(B)c5B)c5c(B)c(B)c(B)c(-c6c(B)c(B)c7c(B)c(B)c(B)c(B)c7c6B)c5B)c(B)c4c32)c(B)c(B)c1B. The molecule has 0 radical (unpaired) electrons. The Labute approximate surface area is 539 Å². The van der Waals surface area contributed by atoms with Gasteiger partial charge in [-0.1, -0.05) is 142 Å². The maximum atomic E-state index is 2.84. The van der Waals surface area contributed by atoms with Gasteiger partial charge in [0.1, 0.15) is 259 Å². The van der Waals surface area contributed by atoms with Crippen LogP contribution in [0.2, 0.25) is 0 Å². The van der Waals surface area contributed by atoms with Crippen molar-refractivity contribution in [1.82, 2.24) is 4.57 Å². The molecule has 0 fully saturated rings. The number of aromatic nitrogens is 1. The van der Waals surface area contributed by atoms with Crippen LogP contribution in [0.3, 0.4) is 0 Å². The van der Waals surface area contributed by atoms with Crippen molar-refractivity contribution in [3.05, 3.63) is 6.07 Å². The Morgan fingerprint density at radius 3 is 0.941 bits per heavy atom. The van der Waals surface area contributed by atoms with E-state index in [4.69, 9.17) is 0 Å². The minimum Gasteiger partial charge on any atom is -0.314 e. The van der Waals surface area contributed by atoms with Gasteiger partial charge in [-0.15, -0.1) is 38.2 Å². The lowest BCUT2D eigenvalue weighted by Gasteiger charge is -2.40. The third-order valence-corrected chi connectivity index (χ3v) is 24.2. The Hall–Kier alpha value is -4.76. The first kappa shape index (κ1) is 63.3. The van der Waals surface area contributed by atoms with E-state index in [1.807, 2.05) is 0 Å². The Balaban J connectivity index is 1.50. The molecule has 0 aliphatic carbocycles. The summed E-state index contributed by atoms with van der Waals surface area (Å²) in [4.78, 5) is 2.84. The summed E-state index contributed by atoms with van der Waals surface area (Å²) in [6.07, 6.45) is 0. The van der Waals surface area contributed by atoms with Crippen molar-refractivity contribution in [3.8, 4) is 27.9 Å². The second kappa shape index (κ2) is 21.8. The molecule has 9 aromatic carbocycles. The van der Waals surface area contributed by atoms with Gasteiger partial charge in [0, 0.05) is 39.0 Å². The summed E-state index contributed by atoms with van der Waals surface area (Å²) in [5, 5.41) is 8.35. The number of anilines is 3. The number of fused-ring (bicyclic) bond motifs is 6. The number of hydrogen-bond donors (Lipinski definition) is 0. The molecule has 10 rings (SSSR count). The highest BCUT2D eigenvalue weighted by molar-refractivity contribution is 6.78. The molecule has 1 heterocycles. The van der Waals surface area contributed by atoms with Crippen LogP contribution in [-0.4, -0.2) is 263 Å². The molecule has 10 aromatic rings. The lowest BCUT2D eigenvalue weighted by molar-refractivity contribution is 1.21. The van der Waals surface area contributed by atoms with E-state index in [2.05, 4.69) is 274 Å². The van der Waals surface area contributed by atoms with Crippen molar-refractivity contribution in [1.29, 1.82) is 0 Å². The fourth-order valence-corrected chi connectivity index (χ4v) is 16.8. The maximum absolute atomic E-state index is 2.84. The highest BCUT2D eigenvalue weighted by Gasteiger charge is 2.34. The van der Waals surface area contributed by atoms with E-state index in [-0.39, 0.29) is 0 Å². The van der Waals surface area contributed by atoms with Crippen LogP contribution in [0.4, 0.5) is 17.1 Å². The Morgan fingerprint density at radius 2 is 0.435 bits per heavy atom. The first-order valence-electron chi connectivity index (χ1n) is 31.7. The summed E-state index contributed by atoms with van der Waals surface area (Å²) in [6.45, 7) is 0. The number of hydrogen-bond acceptors (Lipinski definition) is 1. The monoisotopic (exact) mass is 1060 g/mol. The van der Waals surface area contributed by atoms with E-state index < -0.39 is 0 Å². The molecular weight excluding hydrogens is 985 g/mol. The first-order chi connectivity index (χ1) is 39.5. The smallest absolute Gasteiger partial charge is 0.142 e. The first-order valence-corrected chi connectivity index (χ1v) is 31.7. The molecule has 0 saturated heterocycles. The highest BCUT2D eigenvalue weighted by Crippen LogP contribution is 2.35. The standard InChI is InChI=1S/C50H67B33N2/c51-2-1-3(15(53)32(70)14(2)52)84-46-11-10(19(57)28(66)12(46)13-29(67)37(75)40(78)44(82)47(13)84)27(65)41(79)49(31(11)69)85(50-42(80)25(63)8(26(64)43(50)81)7-22(60)35(73)39(77)36(74)23(7)61)48-30(68)9(24(62)38(76)45(48)83)5-16(54)4-6(18(56)17(5)55)21(59)34(72)33(71)20(4)58/h1H,51-83H2. The van der Waals surface area contributed by atoms with Crippen LogP contribution in [0.25, 0.3) is 71.3 Å². The maximum Gasteiger partial charge on any atom is 0.142 e. The van der Waals surface area contributed by atoms with Gasteiger partial charge in [0.15, 0.2) is 0 Å². The zero-order valence-corrected chi connectivity index (χ0v) is 59.0. The minimum absolute atomic E-state index is 1.28. The molecule has 2 nitrogen and oxygen atoms in total. The number of benzene rings is 9. The fourth-order valence-electron chi connectivity index (χ4n) is 16.8. The van der Waals surface area contributed by atoms with Crippen LogP contribution < -0.4 is 185 Å². The van der Waals surface area contributed by atoms with Crippen molar-refractivity contribution in [2.45, 2.75) is 0 Å². The Morgan fingerprint density at radius 1 is 0.188 bits per heavy atom. The van der Waals surface area contributed by atoms with Crippen LogP contribution in [-0.2, 0) is 0 Å². The fraction of sp³-hybridized carbons (Fsp3) is 0. The molecular formula is C50H67B33N2. The molecule has 376 valence electrons. The predicted molar refractivity (Wildman–Crippen MR) is 491 cm³/mol. The number of rotatable bonds is 6. The van der Waals surface area contributed by atoms with Gasteiger partial charge in [0.2, 0.25) is 0 Å². The van der Waals surface area contributed by atoms with Crippen molar-refractivity contribution in [2.24, 2.45) is 0 Å². The molecule has 0 amide bonds. The second-order valence-electron chi connectivity index (χ2n) is 27.4. The summed E-state index contributed by atoms with van der Waals surface area (Å²) < 4.78 is 2.75. The van der Waals surface area contributed by atoms with Crippen LogP contribution in [0.15, 0.2) is 6.07 Å². The Kier molecular flexibility index (Phi) is 16.2. The molecule has 35 heteroatoms. The van der Waals surface area contributed by atoms with E-state index in [0.717, 1.165) is 0 Å². The quantitative estimate of drug-likeness (QED) is 0.151. The van der Waals surface area contributed by atoms with Crippen molar-refractivity contribution >= 4 is 500 Å². The van der Waals surface area contributed by atoms with Crippen molar-refractivity contribution in [3.63, 3.8) is 0 Å². The van der Waals surface area contributed by atoms with Crippen LogP contribution >= 0.6 is 0 Å². The normalized spacial score (nSPS) is 11.7. The van der Waals surface area contributed by atoms with E-state index in [1.54, 1.807) is 0 Å². The second-order valence-corrected chi connectivity index (χ2v) is 27.4. The topological polar surface area (TPSA) is 8.17 Å². The van der Waals surface area contributed by atoms with Gasteiger partial charge in [-0.05, 0) is 49.9 Å². The van der Waals surface area contributed by atoms with Crippen LogP contribution in [0.1, 0.15) is 0 Å². The summed E-state index contributed by atoms with van der Waals surface area (Å²) in [5.41, 5.74) is 58.5. The van der Waals surface area contributed by atoms with Crippen LogP contribution in [0, 0.1) is 0 Å². The van der Waals surface area contributed by atoms with Crippen molar-refractivity contribution < 1.29 is 0 Å². The summed E-state index contributed by atoms with van der Waals surface area (Å²) in [6, 6.07) is 2.50. The molecule has 0 N–H and O–H groups in total. The summed E-state index contributed by atoms with van der Waals surface area (Å²) in [5.74, 6) is 0. The molecule has 85 heavy (non-hydrogen) atoms. The molecule has 0 atom stereocenters. The van der Waals surface area contributed by atoms with Gasteiger partial charge in [-0.3, -0.25) is 0 Å². The minimum atomic E-state index is 1.28. The van der Waals surface area contributed by atoms with Gasteiger partial charge in [0.05, 0.1) is 5.52 Å². The third kappa shape index (κ3) is 8.54. The summed E-state index contributed by atoms with van der Waals surface area (Å²) in [7, 11) is 78.8. The molecule has 0 saturated carbocycles. The lowest BCUT2D eigenvalue weighted by atomic mass is 9.56. The summed E-state index contributed by atoms with van der Waals surface area (Å²) >= 11 is 0. The van der Waals surface area contributed by atoms with Gasteiger partial charge in [0.25, 0.3) is 0 Å². The van der Waals surface area contributed by atoms with Crippen molar-refractivity contribution in [2.75, 3.05) is 4.90 Å². The largest absolute Gasteiger partial charge is 0.314 e. The molecule has 0 bridgehead atoms. The predicted octanol–water partition coefficient (Wildman–Crippen LogP) is -43.6. The number of nitrogens with zero attached hydrogens (tertiary/aromatic N) is 2.